The number of hydrogen-bond donors (Lipinski definition) is 1. The number of ether oxygens (including phenoxy) is 3. The Morgan fingerprint density at radius 1 is 1.10 bits per heavy atom. The Bertz CT molecular complexity index is 456. The number of nitrogens with one attached hydrogen (secondary N) is 1. The van der Waals surface area contributed by atoms with Crippen LogP contribution >= 0.6 is 0 Å². The van der Waals surface area contributed by atoms with Crippen molar-refractivity contribution in [3.63, 3.8) is 0 Å². The maximum Gasteiger partial charge on any atom is 0.133 e. The van der Waals surface area contributed by atoms with Gasteiger partial charge in [0.25, 0.3) is 0 Å². The molecule has 0 radical (unpaired) electrons. The van der Waals surface area contributed by atoms with Crippen LogP contribution in [0.2, 0.25) is 0 Å². The molecule has 0 saturated carbocycles. The molecular weight excluding hydrogens is 266 g/mol. The van der Waals surface area contributed by atoms with E-state index in [0.717, 1.165) is 35.9 Å². The largest absolute Gasteiger partial charge is 0.496 e. The summed E-state index contributed by atoms with van der Waals surface area (Å²) >= 11 is 0. The molecule has 1 N–H and O–H groups in total. The summed E-state index contributed by atoms with van der Waals surface area (Å²) in [5, 5.41) is 3.43. The topological polar surface area (TPSA) is 39.7 Å². The smallest absolute Gasteiger partial charge is 0.133 e. The van der Waals surface area contributed by atoms with Gasteiger partial charge in [0.1, 0.15) is 17.2 Å². The molecule has 0 bridgehead atoms. The highest BCUT2D eigenvalue weighted by Gasteiger charge is 2.11. The molecule has 1 aromatic rings. The summed E-state index contributed by atoms with van der Waals surface area (Å²) in [5.74, 6) is 2.85. The van der Waals surface area contributed by atoms with Gasteiger partial charge in [-0.1, -0.05) is 19.4 Å². The highest BCUT2D eigenvalue weighted by molar-refractivity contribution is 5.68. The molecule has 4 heteroatoms. The maximum absolute atomic E-state index is 5.45. The van der Waals surface area contributed by atoms with Crippen molar-refractivity contribution in [2.75, 3.05) is 34.4 Å². The van der Waals surface area contributed by atoms with Crippen LogP contribution in [0, 0.1) is 5.92 Å². The Morgan fingerprint density at radius 2 is 1.67 bits per heavy atom. The van der Waals surface area contributed by atoms with Crippen LogP contribution in [0.5, 0.6) is 17.2 Å². The van der Waals surface area contributed by atoms with Crippen molar-refractivity contribution in [3.8, 4) is 17.2 Å². The molecule has 0 aromatic heterocycles. The van der Waals surface area contributed by atoms with Crippen LogP contribution in [0.3, 0.4) is 0 Å². The molecule has 21 heavy (non-hydrogen) atoms. The molecular formula is C17H27NO3. The molecule has 1 aromatic carbocycles. The van der Waals surface area contributed by atoms with Gasteiger partial charge in [0.15, 0.2) is 0 Å². The fourth-order valence-electron chi connectivity index (χ4n) is 2.03. The zero-order valence-electron chi connectivity index (χ0n) is 13.9. The van der Waals surface area contributed by atoms with Gasteiger partial charge in [0.2, 0.25) is 0 Å². The maximum atomic E-state index is 5.45. The van der Waals surface area contributed by atoms with Gasteiger partial charge in [0, 0.05) is 18.7 Å². The number of rotatable bonds is 8. The fraction of sp³-hybridized carbons (Fsp3) is 0.529. The average Bonchev–Trinajstić information content (AvgIpc) is 2.46. The molecule has 0 fully saturated rings. The molecule has 0 aliphatic heterocycles. The standard InChI is InChI=1S/C17H27NO3/c1-12(2)10-18-11-13(3)7-15-16(20-5)8-14(19-4)9-17(15)21-6/h7-9,12,18H,10-11H2,1-6H3. The molecule has 0 aliphatic rings. The molecule has 0 amide bonds. The molecule has 0 aliphatic carbocycles. The van der Waals surface area contributed by atoms with Crippen LogP contribution in [0.15, 0.2) is 17.7 Å². The molecule has 4 nitrogen and oxygen atoms in total. The highest BCUT2D eigenvalue weighted by atomic mass is 16.5. The Morgan fingerprint density at radius 3 is 2.10 bits per heavy atom. The van der Waals surface area contributed by atoms with E-state index in [9.17, 15) is 0 Å². The van der Waals surface area contributed by atoms with Gasteiger partial charge in [-0.2, -0.15) is 0 Å². The van der Waals surface area contributed by atoms with E-state index in [4.69, 9.17) is 14.2 Å². The zero-order chi connectivity index (χ0) is 15.8. The van der Waals surface area contributed by atoms with Gasteiger partial charge in [0.05, 0.1) is 26.9 Å². The summed E-state index contributed by atoms with van der Waals surface area (Å²) in [5.41, 5.74) is 2.15. The second-order valence-electron chi connectivity index (χ2n) is 5.46. The Hall–Kier alpha value is -1.68. The van der Waals surface area contributed by atoms with Gasteiger partial charge in [-0.3, -0.25) is 0 Å². The lowest BCUT2D eigenvalue weighted by Gasteiger charge is -2.14. The quantitative estimate of drug-likeness (QED) is 0.798. The first-order valence-electron chi connectivity index (χ1n) is 7.19. The van der Waals surface area contributed by atoms with Crippen LogP contribution in [0.4, 0.5) is 0 Å². The summed E-state index contributed by atoms with van der Waals surface area (Å²) in [6, 6.07) is 3.73. The number of benzene rings is 1. The summed E-state index contributed by atoms with van der Waals surface area (Å²) < 4.78 is 16.2. The minimum absolute atomic E-state index is 0.642. The van der Waals surface area contributed by atoms with Crippen molar-refractivity contribution in [2.24, 2.45) is 5.92 Å². The summed E-state index contributed by atoms with van der Waals surface area (Å²) in [6.07, 6.45) is 2.09. The van der Waals surface area contributed by atoms with Crippen LogP contribution in [-0.4, -0.2) is 34.4 Å². The van der Waals surface area contributed by atoms with Crippen molar-refractivity contribution in [2.45, 2.75) is 20.8 Å². The lowest BCUT2D eigenvalue weighted by molar-refractivity contribution is 0.374. The van der Waals surface area contributed by atoms with Gasteiger partial charge in [-0.15, -0.1) is 0 Å². The van der Waals surface area contributed by atoms with Crippen LogP contribution in [0.1, 0.15) is 26.3 Å². The van der Waals surface area contributed by atoms with Gasteiger partial charge in [-0.05, 0) is 25.5 Å². The van der Waals surface area contributed by atoms with E-state index in [-0.39, 0.29) is 0 Å². The van der Waals surface area contributed by atoms with Gasteiger partial charge < -0.3 is 19.5 Å². The Balaban J connectivity index is 2.99. The summed E-state index contributed by atoms with van der Waals surface area (Å²) in [7, 11) is 4.93. The van der Waals surface area contributed by atoms with Gasteiger partial charge in [-0.25, -0.2) is 0 Å². The van der Waals surface area contributed by atoms with E-state index in [0.29, 0.717) is 5.92 Å². The van der Waals surface area contributed by atoms with E-state index in [1.54, 1.807) is 21.3 Å². The molecule has 0 atom stereocenters. The van der Waals surface area contributed by atoms with E-state index in [2.05, 4.69) is 32.2 Å². The van der Waals surface area contributed by atoms with Crippen LogP contribution in [0.25, 0.3) is 6.08 Å². The monoisotopic (exact) mass is 293 g/mol. The first-order chi connectivity index (χ1) is 10.0. The third-order valence-electron chi connectivity index (χ3n) is 3.10. The van der Waals surface area contributed by atoms with Gasteiger partial charge >= 0.3 is 0 Å². The third kappa shape index (κ3) is 5.31. The zero-order valence-corrected chi connectivity index (χ0v) is 13.9. The predicted molar refractivity (Wildman–Crippen MR) is 87.5 cm³/mol. The Labute approximate surface area is 128 Å². The van der Waals surface area contributed by atoms with Crippen molar-refractivity contribution < 1.29 is 14.2 Å². The second-order valence-corrected chi connectivity index (χ2v) is 5.46. The average molecular weight is 293 g/mol. The van der Waals surface area contributed by atoms with Crippen molar-refractivity contribution in [3.05, 3.63) is 23.3 Å². The van der Waals surface area contributed by atoms with E-state index < -0.39 is 0 Å². The first kappa shape index (κ1) is 17.4. The minimum Gasteiger partial charge on any atom is -0.496 e. The Kier molecular flexibility index (Phi) is 7.09. The van der Waals surface area contributed by atoms with Crippen LogP contribution < -0.4 is 19.5 Å². The van der Waals surface area contributed by atoms with Crippen molar-refractivity contribution >= 4 is 6.08 Å². The predicted octanol–water partition coefficient (Wildman–Crippen LogP) is 3.36. The number of methoxy groups -OCH3 is 3. The number of hydrogen-bond acceptors (Lipinski definition) is 4. The molecule has 0 saturated heterocycles. The second kappa shape index (κ2) is 8.57. The summed E-state index contributed by atoms with van der Waals surface area (Å²) in [6.45, 7) is 8.33. The molecule has 0 unspecified atom stereocenters. The van der Waals surface area contributed by atoms with Crippen molar-refractivity contribution in [1.29, 1.82) is 0 Å². The summed E-state index contributed by atoms with van der Waals surface area (Å²) in [4.78, 5) is 0. The molecule has 118 valence electrons. The molecule has 0 spiro atoms. The SMILES string of the molecule is COc1cc(OC)c(C=C(C)CNCC(C)C)c(OC)c1. The normalized spacial score (nSPS) is 11.7. The highest BCUT2D eigenvalue weighted by Crippen LogP contribution is 2.35. The third-order valence-corrected chi connectivity index (χ3v) is 3.10. The lowest BCUT2D eigenvalue weighted by Crippen LogP contribution is -2.21. The minimum atomic E-state index is 0.642. The van der Waals surface area contributed by atoms with E-state index >= 15 is 0 Å². The van der Waals surface area contributed by atoms with E-state index in [1.807, 2.05) is 12.1 Å². The fourth-order valence-corrected chi connectivity index (χ4v) is 2.03. The lowest BCUT2D eigenvalue weighted by atomic mass is 10.1. The van der Waals surface area contributed by atoms with E-state index in [1.165, 1.54) is 5.57 Å². The van der Waals surface area contributed by atoms with Crippen LogP contribution in [-0.2, 0) is 0 Å². The first-order valence-corrected chi connectivity index (χ1v) is 7.19. The molecule has 0 heterocycles. The molecule has 1 rings (SSSR count). The van der Waals surface area contributed by atoms with Crippen molar-refractivity contribution in [1.82, 2.24) is 5.32 Å².